The molecule has 2 aromatic carbocycles. The van der Waals surface area contributed by atoms with Crippen LogP contribution in [0.4, 0.5) is 17.1 Å². The Morgan fingerprint density at radius 3 is 2.67 bits per heavy atom. The normalized spacial score (nSPS) is 12.4. The lowest BCUT2D eigenvalue weighted by molar-refractivity contribution is -0.384. The quantitative estimate of drug-likeness (QED) is 0.670. The number of hydrogen-bond acceptors (Lipinski definition) is 4. The van der Waals surface area contributed by atoms with E-state index in [0.717, 1.165) is 24.2 Å². The van der Waals surface area contributed by atoms with Gasteiger partial charge < -0.3 is 10.6 Å². The Morgan fingerprint density at radius 2 is 1.95 bits per heavy atom. The van der Waals surface area contributed by atoms with Gasteiger partial charge in [-0.1, -0.05) is 0 Å². The number of benzene rings is 2. The lowest BCUT2D eigenvalue weighted by atomic mass is 10.1. The van der Waals surface area contributed by atoms with Crippen LogP contribution in [0.15, 0.2) is 42.5 Å². The molecule has 0 radical (unpaired) electrons. The standard InChI is InChI=1S/C15H13N3O3/c19-15(11-1-6-14-10(9-11)7-8-16-14)17-12-2-4-13(5-3-12)18(20)21/h1-6,9,16H,7-8H2,(H,17,19). The molecule has 2 N–H and O–H groups in total. The SMILES string of the molecule is O=C(Nc1ccc([N+](=O)[O-])cc1)c1ccc2c(c1)CCN2. The molecule has 1 amide bonds. The molecule has 0 atom stereocenters. The van der Waals surface area contributed by atoms with Gasteiger partial charge in [0.25, 0.3) is 11.6 Å². The average molecular weight is 283 g/mol. The van der Waals surface area contributed by atoms with Gasteiger partial charge in [-0.25, -0.2) is 0 Å². The second-order valence-corrected chi connectivity index (χ2v) is 4.81. The van der Waals surface area contributed by atoms with Crippen LogP contribution in [0.5, 0.6) is 0 Å². The van der Waals surface area contributed by atoms with Gasteiger partial charge in [0.1, 0.15) is 0 Å². The highest BCUT2D eigenvalue weighted by atomic mass is 16.6. The molecule has 0 saturated carbocycles. The number of anilines is 2. The summed E-state index contributed by atoms with van der Waals surface area (Å²) in [6.45, 7) is 0.892. The Morgan fingerprint density at radius 1 is 1.19 bits per heavy atom. The number of carbonyl (C=O) groups is 1. The summed E-state index contributed by atoms with van der Waals surface area (Å²) < 4.78 is 0. The number of hydrogen-bond donors (Lipinski definition) is 2. The summed E-state index contributed by atoms with van der Waals surface area (Å²) in [5.41, 5.74) is 3.31. The average Bonchev–Trinajstić information content (AvgIpc) is 2.95. The molecular formula is C15H13N3O3. The maximum absolute atomic E-state index is 12.2. The monoisotopic (exact) mass is 283 g/mol. The first-order valence-corrected chi connectivity index (χ1v) is 6.56. The minimum Gasteiger partial charge on any atom is -0.384 e. The zero-order valence-corrected chi connectivity index (χ0v) is 11.1. The number of rotatable bonds is 3. The number of fused-ring (bicyclic) bond motifs is 1. The second-order valence-electron chi connectivity index (χ2n) is 4.81. The van der Waals surface area contributed by atoms with E-state index in [1.807, 2.05) is 12.1 Å². The van der Waals surface area contributed by atoms with Gasteiger partial charge in [-0.3, -0.25) is 14.9 Å². The van der Waals surface area contributed by atoms with E-state index in [1.165, 1.54) is 24.3 Å². The first-order chi connectivity index (χ1) is 10.1. The van der Waals surface area contributed by atoms with Gasteiger partial charge in [-0.05, 0) is 42.3 Å². The summed E-state index contributed by atoms with van der Waals surface area (Å²) in [5, 5.41) is 16.5. The lowest BCUT2D eigenvalue weighted by Crippen LogP contribution is -2.12. The number of nitro benzene ring substituents is 1. The van der Waals surface area contributed by atoms with Crippen molar-refractivity contribution in [1.82, 2.24) is 0 Å². The van der Waals surface area contributed by atoms with Crippen molar-refractivity contribution in [2.75, 3.05) is 17.2 Å². The molecule has 0 aliphatic carbocycles. The zero-order valence-electron chi connectivity index (χ0n) is 11.1. The molecule has 6 nitrogen and oxygen atoms in total. The molecule has 0 unspecified atom stereocenters. The molecule has 6 heteroatoms. The lowest BCUT2D eigenvalue weighted by Gasteiger charge is -2.07. The van der Waals surface area contributed by atoms with E-state index in [-0.39, 0.29) is 11.6 Å². The van der Waals surface area contributed by atoms with Crippen LogP contribution in [0.25, 0.3) is 0 Å². The van der Waals surface area contributed by atoms with Gasteiger partial charge in [-0.15, -0.1) is 0 Å². The fraction of sp³-hybridized carbons (Fsp3) is 0.133. The number of carbonyl (C=O) groups excluding carboxylic acids is 1. The third kappa shape index (κ3) is 2.69. The Balaban J connectivity index is 1.75. The van der Waals surface area contributed by atoms with Crippen LogP contribution in [-0.4, -0.2) is 17.4 Å². The minimum absolute atomic E-state index is 0.00314. The molecule has 0 bridgehead atoms. The fourth-order valence-electron chi connectivity index (χ4n) is 2.32. The molecule has 0 saturated heterocycles. The first-order valence-electron chi connectivity index (χ1n) is 6.56. The zero-order chi connectivity index (χ0) is 14.8. The molecule has 1 aliphatic rings. The van der Waals surface area contributed by atoms with Crippen molar-refractivity contribution in [3.05, 3.63) is 63.7 Å². The summed E-state index contributed by atoms with van der Waals surface area (Å²) in [7, 11) is 0. The van der Waals surface area contributed by atoms with Gasteiger partial charge in [0.15, 0.2) is 0 Å². The van der Waals surface area contributed by atoms with Gasteiger partial charge in [0.05, 0.1) is 4.92 Å². The van der Waals surface area contributed by atoms with Crippen LogP contribution in [0.3, 0.4) is 0 Å². The molecule has 0 aromatic heterocycles. The number of nitrogens with zero attached hydrogens (tertiary/aromatic N) is 1. The molecule has 0 fully saturated rings. The number of amides is 1. The second kappa shape index (κ2) is 5.24. The summed E-state index contributed by atoms with van der Waals surface area (Å²) in [4.78, 5) is 22.3. The Hall–Kier alpha value is -2.89. The van der Waals surface area contributed by atoms with Gasteiger partial charge in [-0.2, -0.15) is 0 Å². The summed E-state index contributed by atoms with van der Waals surface area (Å²) in [5.74, 6) is -0.224. The van der Waals surface area contributed by atoms with E-state index in [0.29, 0.717) is 11.3 Å². The molecule has 21 heavy (non-hydrogen) atoms. The Kier molecular flexibility index (Phi) is 3.27. The van der Waals surface area contributed by atoms with Crippen molar-refractivity contribution in [1.29, 1.82) is 0 Å². The van der Waals surface area contributed by atoms with E-state index < -0.39 is 4.92 Å². The number of nitrogens with one attached hydrogen (secondary N) is 2. The maximum atomic E-state index is 12.2. The molecule has 1 aliphatic heterocycles. The predicted molar refractivity (Wildman–Crippen MR) is 79.7 cm³/mol. The fourth-order valence-corrected chi connectivity index (χ4v) is 2.32. The first kappa shape index (κ1) is 13.1. The largest absolute Gasteiger partial charge is 0.384 e. The molecule has 3 rings (SSSR count). The van der Waals surface area contributed by atoms with Crippen LogP contribution in [0.2, 0.25) is 0 Å². The van der Waals surface area contributed by atoms with Crippen LogP contribution in [-0.2, 0) is 6.42 Å². The topological polar surface area (TPSA) is 84.3 Å². The molecular weight excluding hydrogens is 270 g/mol. The number of non-ortho nitro benzene ring substituents is 1. The van der Waals surface area contributed by atoms with Crippen LogP contribution >= 0.6 is 0 Å². The van der Waals surface area contributed by atoms with Gasteiger partial charge >= 0.3 is 0 Å². The third-order valence-electron chi connectivity index (χ3n) is 3.41. The van der Waals surface area contributed by atoms with E-state index in [2.05, 4.69) is 10.6 Å². The van der Waals surface area contributed by atoms with Crippen molar-refractivity contribution in [2.45, 2.75) is 6.42 Å². The van der Waals surface area contributed by atoms with Crippen molar-refractivity contribution in [3.8, 4) is 0 Å². The van der Waals surface area contributed by atoms with Gasteiger partial charge in [0.2, 0.25) is 0 Å². The molecule has 1 heterocycles. The van der Waals surface area contributed by atoms with E-state index >= 15 is 0 Å². The van der Waals surface area contributed by atoms with Gasteiger partial charge in [0, 0.05) is 35.6 Å². The van der Waals surface area contributed by atoms with E-state index in [9.17, 15) is 14.9 Å². The Bertz CT molecular complexity index is 711. The maximum Gasteiger partial charge on any atom is 0.269 e. The smallest absolute Gasteiger partial charge is 0.269 e. The highest BCUT2D eigenvalue weighted by Gasteiger charge is 2.14. The van der Waals surface area contributed by atoms with Crippen molar-refractivity contribution in [3.63, 3.8) is 0 Å². The Labute approximate surface area is 120 Å². The van der Waals surface area contributed by atoms with Crippen molar-refractivity contribution < 1.29 is 9.72 Å². The third-order valence-corrected chi connectivity index (χ3v) is 3.41. The summed E-state index contributed by atoms with van der Waals surface area (Å²) in [6.07, 6.45) is 0.911. The van der Waals surface area contributed by atoms with Crippen molar-refractivity contribution in [2.24, 2.45) is 0 Å². The number of nitro groups is 1. The van der Waals surface area contributed by atoms with E-state index in [4.69, 9.17) is 0 Å². The highest BCUT2D eigenvalue weighted by Crippen LogP contribution is 2.23. The molecule has 2 aromatic rings. The summed E-state index contributed by atoms with van der Waals surface area (Å²) >= 11 is 0. The minimum atomic E-state index is -0.473. The van der Waals surface area contributed by atoms with Crippen LogP contribution in [0.1, 0.15) is 15.9 Å². The van der Waals surface area contributed by atoms with E-state index in [1.54, 1.807) is 6.07 Å². The summed E-state index contributed by atoms with van der Waals surface area (Å²) in [6, 6.07) is 11.3. The van der Waals surface area contributed by atoms with Crippen molar-refractivity contribution >= 4 is 23.0 Å². The highest BCUT2D eigenvalue weighted by molar-refractivity contribution is 6.04. The molecule has 106 valence electrons. The van der Waals surface area contributed by atoms with Crippen LogP contribution in [0, 0.1) is 10.1 Å². The predicted octanol–water partition coefficient (Wildman–Crippen LogP) is 2.82. The van der Waals surface area contributed by atoms with Crippen LogP contribution < -0.4 is 10.6 Å². The molecule has 0 spiro atoms.